The van der Waals surface area contributed by atoms with E-state index in [1.165, 1.54) is 49.4 Å². The van der Waals surface area contributed by atoms with Crippen molar-refractivity contribution in [2.75, 3.05) is 14.2 Å². The fourth-order valence-electron chi connectivity index (χ4n) is 6.69. The van der Waals surface area contributed by atoms with E-state index < -0.39 is 75.4 Å². The summed E-state index contributed by atoms with van der Waals surface area (Å²) in [5, 5.41) is 0. The first-order chi connectivity index (χ1) is 21.3. The molecule has 46 heavy (non-hydrogen) atoms. The van der Waals surface area contributed by atoms with Crippen LogP contribution in [0.4, 0.5) is 26.3 Å². The molecular weight excluding hydrogens is 622 g/mol. The third kappa shape index (κ3) is 5.60. The largest absolute Gasteiger partial charge is 0.460 e. The molecule has 0 amide bonds. The summed E-state index contributed by atoms with van der Waals surface area (Å²) in [6.45, 7) is 6.59. The van der Waals surface area contributed by atoms with Crippen LogP contribution < -0.4 is 0 Å². The molecule has 0 N–H and O–H groups in total. The molecule has 252 valence electrons. The Hall–Kier alpha value is -3.42. The fourth-order valence-corrected chi connectivity index (χ4v) is 6.69. The summed E-state index contributed by atoms with van der Waals surface area (Å²) in [5.74, 6) is -3.28. The molecule has 2 aliphatic rings. The van der Waals surface area contributed by atoms with Crippen molar-refractivity contribution >= 4 is 11.9 Å². The van der Waals surface area contributed by atoms with Crippen LogP contribution in [0.15, 0.2) is 72.8 Å². The van der Waals surface area contributed by atoms with Crippen LogP contribution >= 0.6 is 0 Å². The summed E-state index contributed by atoms with van der Waals surface area (Å²) in [4.78, 5) is 26.3. The first-order valence-corrected chi connectivity index (χ1v) is 14.4. The van der Waals surface area contributed by atoms with Crippen molar-refractivity contribution in [2.45, 2.75) is 87.5 Å². The number of hydrogen-bond acceptors (Lipinski definition) is 7. The quantitative estimate of drug-likeness (QED) is 0.118. The third-order valence-electron chi connectivity index (χ3n) is 9.01. The molecule has 0 unspecified atom stereocenters. The van der Waals surface area contributed by atoms with Gasteiger partial charge >= 0.3 is 24.3 Å². The molecule has 0 aromatic heterocycles. The maximum atomic E-state index is 14.4. The van der Waals surface area contributed by atoms with E-state index in [9.17, 15) is 35.9 Å². The van der Waals surface area contributed by atoms with Gasteiger partial charge < -0.3 is 23.7 Å². The van der Waals surface area contributed by atoms with Crippen molar-refractivity contribution in [1.82, 2.24) is 0 Å². The molecule has 0 radical (unpaired) electrons. The number of rotatable bonds is 10. The molecule has 7 nitrogen and oxygen atoms in total. The minimum Gasteiger partial charge on any atom is -0.460 e. The maximum absolute atomic E-state index is 14.4. The Morgan fingerprint density at radius 3 is 1.67 bits per heavy atom. The number of fused-ring (bicyclic) bond motifs is 1. The van der Waals surface area contributed by atoms with Crippen molar-refractivity contribution < 1.29 is 59.6 Å². The highest BCUT2D eigenvalue weighted by atomic mass is 19.4. The number of halogens is 6. The number of benzene rings is 2. The minimum atomic E-state index is -5.15. The van der Waals surface area contributed by atoms with Crippen LogP contribution in [-0.2, 0) is 44.5 Å². The van der Waals surface area contributed by atoms with Gasteiger partial charge in [0.1, 0.15) is 23.4 Å². The van der Waals surface area contributed by atoms with E-state index in [0.29, 0.717) is 0 Å². The molecule has 1 saturated carbocycles. The second kappa shape index (κ2) is 12.0. The van der Waals surface area contributed by atoms with E-state index >= 15 is 0 Å². The standard InChI is InChI=1S/C33H36F6O7/c1-21(44-25(40)30(42-5,32(34,35)36)22-13-9-7-10-14-22)17-18-29-27(2,3)19-24(20-28(29,4)46-29)45-26(41)31(43-6,33(37,38)39)23-15-11-8-12-16-23/h7-18,21,24H,19-20H2,1-6H3/b18-17+/t21-,24+,28-,29+,30-,31-/m1/s1. The second-order valence-corrected chi connectivity index (χ2v) is 12.4. The average Bonchev–Trinajstić information content (AvgIpc) is 3.59. The Balaban J connectivity index is 1.53. The van der Waals surface area contributed by atoms with Gasteiger partial charge in [0, 0.05) is 37.2 Å². The number of hydrogen-bond donors (Lipinski definition) is 0. The molecule has 13 heteroatoms. The van der Waals surface area contributed by atoms with Gasteiger partial charge in [0.05, 0.1) is 0 Å². The Labute approximate surface area is 262 Å². The highest BCUT2D eigenvalue weighted by Gasteiger charge is 2.76. The van der Waals surface area contributed by atoms with Gasteiger partial charge in [0.25, 0.3) is 11.2 Å². The Bertz CT molecular complexity index is 1440. The Morgan fingerprint density at radius 2 is 1.26 bits per heavy atom. The van der Waals surface area contributed by atoms with Gasteiger partial charge in [0.2, 0.25) is 0 Å². The maximum Gasteiger partial charge on any atom is 0.432 e. The highest BCUT2D eigenvalue weighted by Crippen LogP contribution is 2.66. The number of alkyl halides is 6. The van der Waals surface area contributed by atoms with Gasteiger partial charge in [-0.05, 0) is 32.4 Å². The van der Waals surface area contributed by atoms with Gasteiger partial charge in [0.15, 0.2) is 0 Å². The number of ether oxygens (including phenoxy) is 5. The second-order valence-electron chi connectivity index (χ2n) is 12.4. The van der Waals surface area contributed by atoms with Gasteiger partial charge in [-0.15, -0.1) is 0 Å². The van der Waals surface area contributed by atoms with Crippen LogP contribution in [0.3, 0.4) is 0 Å². The lowest BCUT2D eigenvalue weighted by atomic mass is 9.63. The molecule has 4 rings (SSSR count). The summed E-state index contributed by atoms with van der Waals surface area (Å²) < 4.78 is 112. The summed E-state index contributed by atoms with van der Waals surface area (Å²) in [5.41, 5.74) is -10.5. The summed E-state index contributed by atoms with van der Waals surface area (Å²) >= 11 is 0. The molecule has 0 spiro atoms. The predicted octanol–water partition coefficient (Wildman–Crippen LogP) is 6.94. The van der Waals surface area contributed by atoms with Crippen molar-refractivity contribution in [2.24, 2.45) is 5.41 Å². The van der Waals surface area contributed by atoms with Gasteiger partial charge in [-0.3, -0.25) is 0 Å². The highest BCUT2D eigenvalue weighted by molar-refractivity contribution is 5.83. The van der Waals surface area contributed by atoms with E-state index in [0.717, 1.165) is 38.5 Å². The van der Waals surface area contributed by atoms with Crippen LogP contribution in [0.2, 0.25) is 0 Å². The van der Waals surface area contributed by atoms with E-state index in [1.54, 1.807) is 26.8 Å². The number of epoxide rings is 1. The fraction of sp³-hybridized carbons (Fsp3) is 0.515. The molecule has 2 fully saturated rings. The van der Waals surface area contributed by atoms with Crippen LogP contribution in [-0.4, -0.2) is 61.9 Å². The van der Waals surface area contributed by atoms with Gasteiger partial charge in [-0.25, -0.2) is 9.59 Å². The van der Waals surface area contributed by atoms with Crippen molar-refractivity contribution in [3.05, 3.63) is 83.9 Å². The van der Waals surface area contributed by atoms with E-state index in [-0.39, 0.29) is 12.8 Å². The lowest BCUT2D eigenvalue weighted by Crippen LogP contribution is -2.54. The molecule has 1 saturated heterocycles. The SMILES string of the molecule is CO[C@@](C(=O)O[C@H]1CC(C)(C)[C@]2(/C=C/[C@@H](C)OC(=O)[C@](OC)(c3ccccc3)C(F)(F)F)O[C@]2(C)C1)(c1ccccc1)C(F)(F)F. The van der Waals surface area contributed by atoms with Crippen LogP contribution in [0.5, 0.6) is 0 Å². The minimum absolute atomic E-state index is 0.0159. The van der Waals surface area contributed by atoms with E-state index in [1.807, 2.05) is 0 Å². The van der Waals surface area contributed by atoms with Gasteiger partial charge in [-0.2, -0.15) is 26.3 Å². The van der Waals surface area contributed by atoms with Crippen molar-refractivity contribution in [3.63, 3.8) is 0 Å². The molecule has 1 aliphatic heterocycles. The number of carbonyl (C=O) groups is 2. The number of methoxy groups -OCH3 is 2. The zero-order valence-electron chi connectivity index (χ0n) is 26.1. The van der Waals surface area contributed by atoms with Crippen LogP contribution in [0.1, 0.15) is 51.7 Å². The summed E-state index contributed by atoms with van der Waals surface area (Å²) in [7, 11) is 1.55. The Kier molecular flexibility index (Phi) is 9.23. The van der Waals surface area contributed by atoms with Crippen molar-refractivity contribution in [1.29, 1.82) is 0 Å². The number of esters is 2. The molecule has 1 aliphatic carbocycles. The first-order valence-electron chi connectivity index (χ1n) is 14.4. The average molecular weight is 659 g/mol. The zero-order chi connectivity index (χ0) is 34.4. The lowest BCUT2D eigenvalue weighted by Gasteiger charge is -2.41. The molecule has 1 heterocycles. The summed E-state index contributed by atoms with van der Waals surface area (Å²) in [6.07, 6.45) is -9.39. The van der Waals surface area contributed by atoms with Crippen LogP contribution in [0, 0.1) is 5.41 Å². The molecular formula is C33H36F6O7. The topological polar surface area (TPSA) is 83.6 Å². The Morgan fingerprint density at radius 1 is 0.804 bits per heavy atom. The zero-order valence-corrected chi connectivity index (χ0v) is 26.1. The number of carbonyl (C=O) groups excluding carboxylic acids is 2. The van der Waals surface area contributed by atoms with Crippen LogP contribution in [0.25, 0.3) is 0 Å². The summed E-state index contributed by atoms with van der Waals surface area (Å²) in [6, 6.07) is 12.9. The monoisotopic (exact) mass is 658 g/mol. The molecule has 0 bridgehead atoms. The molecule has 6 atom stereocenters. The first kappa shape index (κ1) is 35.4. The smallest absolute Gasteiger partial charge is 0.432 e. The predicted molar refractivity (Wildman–Crippen MR) is 152 cm³/mol. The molecule has 2 aromatic rings. The third-order valence-corrected chi connectivity index (χ3v) is 9.01. The lowest BCUT2D eigenvalue weighted by molar-refractivity contribution is -0.279. The normalized spacial score (nSPS) is 27.5. The van der Waals surface area contributed by atoms with E-state index in [4.69, 9.17) is 23.7 Å². The van der Waals surface area contributed by atoms with E-state index in [2.05, 4.69) is 0 Å². The van der Waals surface area contributed by atoms with Crippen molar-refractivity contribution in [3.8, 4) is 0 Å². The molecule has 2 aromatic carbocycles. The van der Waals surface area contributed by atoms with Gasteiger partial charge in [-0.1, -0.05) is 74.5 Å².